The molecule has 0 aliphatic carbocycles. The summed E-state index contributed by atoms with van der Waals surface area (Å²) in [6.07, 6.45) is 0. The largest absolute Gasteiger partial charge is 0.392 e. The van der Waals surface area contributed by atoms with E-state index in [0.717, 1.165) is 5.56 Å². The Morgan fingerprint density at radius 1 is 1.20 bits per heavy atom. The van der Waals surface area contributed by atoms with Crippen LogP contribution in [0.2, 0.25) is 0 Å². The van der Waals surface area contributed by atoms with Crippen molar-refractivity contribution in [1.82, 2.24) is 0 Å². The Hall–Kier alpha value is -0.900. The highest BCUT2D eigenvalue weighted by molar-refractivity contribution is 5.12. The summed E-state index contributed by atoms with van der Waals surface area (Å²) in [7, 11) is 0. The Morgan fingerprint density at radius 3 is 2.00 bits per heavy atom. The average Bonchev–Trinajstić information content (AvgIpc) is 2.10. The number of benzene rings is 1. The highest BCUT2D eigenvalue weighted by Crippen LogP contribution is 1.95. The van der Waals surface area contributed by atoms with E-state index in [9.17, 15) is 0 Å². The summed E-state index contributed by atoms with van der Waals surface area (Å²) in [5.74, 6) is 3.50. The van der Waals surface area contributed by atoms with Crippen molar-refractivity contribution in [3.63, 3.8) is 0 Å². The summed E-state index contributed by atoms with van der Waals surface area (Å²) in [6.45, 7) is 0.140. The third kappa shape index (κ3) is 3.19. The Balaban J connectivity index is -0.000000189. The molecule has 3 nitrogen and oxygen atoms in total. The zero-order chi connectivity index (χ0) is 7.82. The minimum atomic E-state index is 0. The van der Waals surface area contributed by atoms with Gasteiger partial charge in [-0.1, -0.05) is 30.3 Å². The molecule has 1 rings (SSSR count). The molecule has 0 spiro atoms. The van der Waals surface area contributed by atoms with Gasteiger partial charge in [-0.3, -0.25) is 0 Å². The lowest BCUT2D eigenvalue weighted by Gasteiger charge is -1.89. The molecule has 0 atom stereocenters. The second-order valence-electron chi connectivity index (χ2n) is 1.64. The maximum absolute atomic E-state index is 8.54. The molecule has 0 saturated heterocycles. The van der Waals surface area contributed by atoms with Crippen molar-refractivity contribution >= 4 is 0 Å². The van der Waals surface area contributed by atoms with Gasteiger partial charge in [-0.15, -0.1) is 0 Å². The van der Waals surface area contributed by atoms with E-state index in [0.29, 0.717) is 0 Å². The van der Waals surface area contributed by atoms with Crippen LogP contribution in [0.4, 0.5) is 0 Å². The summed E-state index contributed by atoms with van der Waals surface area (Å²) in [4.78, 5) is 0. The van der Waals surface area contributed by atoms with Crippen LogP contribution in [0.15, 0.2) is 30.3 Å². The Morgan fingerprint density at radius 2 is 1.70 bits per heavy atom. The van der Waals surface area contributed by atoms with Gasteiger partial charge in [0.25, 0.3) is 0 Å². The zero-order valence-electron chi connectivity index (χ0n) is 5.57. The zero-order valence-corrected chi connectivity index (χ0v) is 5.57. The molecular weight excluding hydrogens is 130 g/mol. The van der Waals surface area contributed by atoms with E-state index >= 15 is 0 Å². The third-order valence-electron chi connectivity index (χ3n) is 1.03. The van der Waals surface area contributed by atoms with Crippen LogP contribution in [0, 0.1) is 0 Å². The predicted molar refractivity (Wildman–Crippen MR) is 42.6 cm³/mol. The third-order valence-corrected chi connectivity index (χ3v) is 1.03. The van der Waals surface area contributed by atoms with Crippen LogP contribution in [0.1, 0.15) is 8.42 Å². The number of hydrogen-bond donors (Lipinski definition) is 3. The van der Waals surface area contributed by atoms with Crippen LogP contribution < -0.4 is 5.90 Å². The normalized spacial score (nSPS) is 7.90. The second kappa shape index (κ2) is 6.22. The fraction of sp³-hybridized carbons (Fsp3) is 0.143. The van der Waals surface area contributed by atoms with E-state index in [4.69, 9.17) is 10.3 Å². The Labute approximate surface area is 62.7 Å². The summed E-state index contributed by atoms with van der Waals surface area (Å²) >= 11 is 0. The van der Waals surface area contributed by atoms with E-state index in [1.54, 1.807) is 0 Å². The SMILES string of the molecule is NO.OCc1ccccc1.[HH].[HH]. The summed E-state index contributed by atoms with van der Waals surface area (Å²) in [5, 5.41) is 15.0. The van der Waals surface area contributed by atoms with Crippen molar-refractivity contribution in [1.29, 1.82) is 0 Å². The average molecular weight is 145 g/mol. The van der Waals surface area contributed by atoms with Crippen molar-refractivity contribution in [2.75, 3.05) is 0 Å². The van der Waals surface area contributed by atoms with E-state index < -0.39 is 0 Å². The van der Waals surface area contributed by atoms with Crippen molar-refractivity contribution in [3.8, 4) is 0 Å². The molecule has 4 N–H and O–H groups in total. The molecule has 0 unspecified atom stereocenters. The molecule has 1 aromatic carbocycles. The highest BCUT2D eigenvalue weighted by atomic mass is 16.4. The van der Waals surface area contributed by atoms with Gasteiger partial charge in [0, 0.05) is 2.85 Å². The van der Waals surface area contributed by atoms with Gasteiger partial charge in [0.05, 0.1) is 6.61 Å². The van der Waals surface area contributed by atoms with E-state index in [-0.39, 0.29) is 9.46 Å². The first-order chi connectivity index (χ1) is 4.93. The lowest BCUT2D eigenvalue weighted by atomic mass is 10.2. The first-order valence-corrected chi connectivity index (χ1v) is 2.84. The first-order valence-electron chi connectivity index (χ1n) is 2.84. The minimum Gasteiger partial charge on any atom is -0.392 e. The van der Waals surface area contributed by atoms with Crippen molar-refractivity contribution in [2.24, 2.45) is 5.90 Å². The van der Waals surface area contributed by atoms with E-state index in [1.165, 1.54) is 0 Å². The van der Waals surface area contributed by atoms with Crippen LogP contribution >= 0.6 is 0 Å². The highest BCUT2D eigenvalue weighted by Gasteiger charge is 1.81. The van der Waals surface area contributed by atoms with Crippen LogP contribution in [-0.2, 0) is 6.61 Å². The number of aliphatic hydroxyl groups excluding tert-OH is 1. The molecule has 0 fully saturated rings. The molecule has 0 saturated carbocycles. The summed E-state index contributed by atoms with van der Waals surface area (Å²) in [5.41, 5.74) is 0.965. The van der Waals surface area contributed by atoms with Gasteiger partial charge in [0.1, 0.15) is 0 Å². The maximum atomic E-state index is 8.54. The quantitative estimate of drug-likeness (QED) is 0.516. The van der Waals surface area contributed by atoms with Gasteiger partial charge in [0.15, 0.2) is 0 Å². The Bertz CT molecular complexity index is 161. The van der Waals surface area contributed by atoms with Gasteiger partial charge in [-0.25, -0.2) is 5.90 Å². The molecule has 0 radical (unpaired) electrons. The molecule has 0 heterocycles. The molecule has 0 aliphatic heterocycles. The number of nitrogens with two attached hydrogens (primary N) is 1. The lowest BCUT2D eigenvalue weighted by Crippen LogP contribution is -1.77. The summed E-state index contributed by atoms with van der Waals surface area (Å²) in [6, 6.07) is 9.52. The molecule has 0 amide bonds. The van der Waals surface area contributed by atoms with Gasteiger partial charge < -0.3 is 10.3 Å². The van der Waals surface area contributed by atoms with E-state index in [1.807, 2.05) is 30.3 Å². The number of aliphatic hydroxyl groups is 1. The van der Waals surface area contributed by atoms with Gasteiger partial charge in [-0.05, 0) is 5.56 Å². The topological polar surface area (TPSA) is 66.5 Å². The Kier molecular flexibility index (Phi) is 5.66. The second-order valence-corrected chi connectivity index (χ2v) is 1.64. The molecule has 10 heavy (non-hydrogen) atoms. The van der Waals surface area contributed by atoms with Gasteiger partial charge in [-0.2, -0.15) is 0 Å². The molecule has 0 bridgehead atoms. The molecule has 0 aromatic heterocycles. The van der Waals surface area contributed by atoms with Crippen LogP contribution in [0.25, 0.3) is 0 Å². The molecule has 60 valence electrons. The summed E-state index contributed by atoms with van der Waals surface area (Å²) < 4.78 is 0. The number of rotatable bonds is 1. The predicted octanol–water partition coefficient (Wildman–Crippen LogP) is 1.01. The van der Waals surface area contributed by atoms with Crippen molar-refractivity contribution < 1.29 is 13.2 Å². The first kappa shape index (κ1) is 9.10. The minimum absolute atomic E-state index is 0. The van der Waals surface area contributed by atoms with Gasteiger partial charge >= 0.3 is 0 Å². The van der Waals surface area contributed by atoms with Crippen LogP contribution in [0.3, 0.4) is 0 Å². The molecule has 1 aromatic rings. The number of hydrogen-bond acceptors (Lipinski definition) is 3. The van der Waals surface area contributed by atoms with E-state index in [2.05, 4.69) is 5.90 Å². The fourth-order valence-electron chi connectivity index (χ4n) is 0.583. The standard InChI is InChI=1S/C7H8O.H3NO.2H2/c8-6-7-4-2-1-3-5-7;1-2;;/h1-5,8H,6H2;2H,1H2;2*1H. The van der Waals surface area contributed by atoms with Crippen molar-refractivity contribution in [3.05, 3.63) is 35.9 Å². The molecule has 3 heteroatoms. The molecule has 0 aliphatic rings. The molecular formula is C7H15NO2. The monoisotopic (exact) mass is 145 g/mol. The lowest BCUT2D eigenvalue weighted by molar-refractivity contribution is 0.282. The van der Waals surface area contributed by atoms with Crippen LogP contribution in [0.5, 0.6) is 0 Å². The smallest absolute Gasteiger partial charge is 0.0681 e. The van der Waals surface area contributed by atoms with Crippen LogP contribution in [-0.4, -0.2) is 10.3 Å². The fourth-order valence-corrected chi connectivity index (χ4v) is 0.583. The van der Waals surface area contributed by atoms with Crippen molar-refractivity contribution in [2.45, 2.75) is 6.61 Å². The maximum Gasteiger partial charge on any atom is 0.0681 e. The van der Waals surface area contributed by atoms with Gasteiger partial charge in [0.2, 0.25) is 0 Å².